The summed E-state index contributed by atoms with van der Waals surface area (Å²) >= 11 is 0. The zero-order chi connectivity index (χ0) is 16.8. The number of aliphatic hydroxyl groups is 1. The molecule has 0 amide bonds. The molecule has 0 aliphatic carbocycles. The summed E-state index contributed by atoms with van der Waals surface area (Å²) in [4.78, 5) is 11.4. The summed E-state index contributed by atoms with van der Waals surface area (Å²) in [5.41, 5.74) is 0.455. The molecule has 0 aliphatic rings. The Balaban J connectivity index is 1.64. The minimum Gasteiger partial charge on any atom is -0.457 e. The molecule has 0 aromatic heterocycles. The standard InChI is InChI=1S/C20H16O4/c21-14-20(22)15-6-8-17(9-7-15)24-19-12-10-18(11-13-19)23-16-4-2-1-3-5-16/h1-13,21H,14H2. The topological polar surface area (TPSA) is 55.8 Å². The summed E-state index contributed by atoms with van der Waals surface area (Å²) in [6.07, 6.45) is 0. The van der Waals surface area contributed by atoms with E-state index in [1.807, 2.05) is 54.6 Å². The van der Waals surface area contributed by atoms with Crippen LogP contribution in [0.2, 0.25) is 0 Å². The van der Waals surface area contributed by atoms with E-state index in [-0.39, 0.29) is 5.78 Å². The predicted octanol–water partition coefficient (Wildman–Crippen LogP) is 4.45. The van der Waals surface area contributed by atoms with E-state index in [0.717, 1.165) is 11.5 Å². The Hall–Kier alpha value is -3.11. The highest BCUT2D eigenvalue weighted by Crippen LogP contribution is 2.26. The number of aliphatic hydroxyl groups excluding tert-OH is 1. The number of Topliss-reactive ketones (excluding diaryl/α,β-unsaturated/α-hetero) is 1. The van der Waals surface area contributed by atoms with Crippen molar-refractivity contribution in [1.82, 2.24) is 0 Å². The van der Waals surface area contributed by atoms with Crippen LogP contribution in [0.25, 0.3) is 0 Å². The van der Waals surface area contributed by atoms with Crippen molar-refractivity contribution in [3.8, 4) is 23.0 Å². The van der Waals surface area contributed by atoms with E-state index in [0.29, 0.717) is 17.1 Å². The number of ether oxygens (including phenoxy) is 2. The summed E-state index contributed by atoms with van der Waals surface area (Å²) in [7, 11) is 0. The third kappa shape index (κ3) is 4.00. The fourth-order valence-electron chi connectivity index (χ4n) is 2.14. The maximum atomic E-state index is 11.4. The molecule has 0 aliphatic heterocycles. The van der Waals surface area contributed by atoms with Gasteiger partial charge in [0.25, 0.3) is 0 Å². The molecule has 1 N–H and O–H groups in total. The average Bonchev–Trinajstić information content (AvgIpc) is 2.64. The van der Waals surface area contributed by atoms with Crippen LogP contribution in [0, 0.1) is 0 Å². The Bertz CT molecular complexity index is 793. The predicted molar refractivity (Wildman–Crippen MR) is 90.9 cm³/mol. The lowest BCUT2D eigenvalue weighted by Crippen LogP contribution is -2.03. The minimum absolute atomic E-state index is 0.316. The molecule has 0 atom stereocenters. The van der Waals surface area contributed by atoms with Crippen molar-refractivity contribution in [1.29, 1.82) is 0 Å². The molecule has 0 unspecified atom stereocenters. The molecule has 0 radical (unpaired) electrons. The fraction of sp³-hybridized carbons (Fsp3) is 0.0500. The number of carbonyl (C=O) groups excluding carboxylic acids is 1. The number of rotatable bonds is 6. The average molecular weight is 320 g/mol. The number of carbonyl (C=O) groups is 1. The Kier molecular flexibility index (Phi) is 4.89. The summed E-state index contributed by atoms with van der Waals surface area (Å²) in [5, 5.41) is 8.83. The number of benzene rings is 3. The van der Waals surface area contributed by atoms with E-state index >= 15 is 0 Å². The van der Waals surface area contributed by atoms with Gasteiger partial charge in [-0.2, -0.15) is 0 Å². The molecule has 0 spiro atoms. The highest BCUT2D eigenvalue weighted by molar-refractivity contribution is 5.96. The van der Waals surface area contributed by atoms with Crippen LogP contribution in [0.1, 0.15) is 10.4 Å². The van der Waals surface area contributed by atoms with Crippen molar-refractivity contribution in [2.45, 2.75) is 0 Å². The van der Waals surface area contributed by atoms with E-state index in [4.69, 9.17) is 14.6 Å². The molecule has 0 saturated heterocycles. The van der Waals surface area contributed by atoms with Gasteiger partial charge in [0.05, 0.1) is 0 Å². The van der Waals surface area contributed by atoms with Crippen molar-refractivity contribution >= 4 is 5.78 Å². The lowest BCUT2D eigenvalue weighted by molar-refractivity contribution is 0.0903. The highest BCUT2D eigenvalue weighted by atomic mass is 16.5. The van der Waals surface area contributed by atoms with Gasteiger partial charge in [-0.05, 0) is 60.7 Å². The van der Waals surface area contributed by atoms with Gasteiger partial charge < -0.3 is 14.6 Å². The van der Waals surface area contributed by atoms with Gasteiger partial charge in [0.15, 0.2) is 5.78 Å². The van der Waals surface area contributed by atoms with Crippen LogP contribution < -0.4 is 9.47 Å². The molecular formula is C20H16O4. The molecule has 0 fully saturated rings. The second-order valence-corrected chi connectivity index (χ2v) is 5.09. The fourth-order valence-corrected chi connectivity index (χ4v) is 2.14. The second kappa shape index (κ2) is 7.44. The maximum Gasteiger partial charge on any atom is 0.188 e. The summed E-state index contributed by atoms with van der Waals surface area (Å²) < 4.78 is 11.4. The Labute approximate surface area is 139 Å². The first-order valence-corrected chi connectivity index (χ1v) is 7.49. The largest absolute Gasteiger partial charge is 0.457 e. The first-order chi connectivity index (χ1) is 11.7. The zero-order valence-electron chi connectivity index (χ0n) is 12.9. The SMILES string of the molecule is O=C(CO)c1ccc(Oc2ccc(Oc3ccccc3)cc2)cc1. The van der Waals surface area contributed by atoms with Crippen molar-refractivity contribution in [3.05, 3.63) is 84.4 Å². The zero-order valence-corrected chi connectivity index (χ0v) is 12.9. The number of para-hydroxylation sites is 1. The van der Waals surface area contributed by atoms with Gasteiger partial charge in [0.1, 0.15) is 29.6 Å². The Morgan fingerprint density at radius 3 is 1.54 bits per heavy atom. The third-order valence-electron chi connectivity index (χ3n) is 3.36. The smallest absolute Gasteiger partial charge is 0.188 e. The highest BCUT2D eigenvalue weighted by Gasteiger charge is 2.05. The van der Waals surface area contributed by atoms with E-state index in [9.17, 15) is 4.79 Å². The Morgan fingerprint density at radius 1 is 0.667 bits per heavy atom. The summed E-state index contributed by atoms with van der Waals surface area (Å²) in [6.45, 7) is -0.497. The maximum absolute atomic E-state index is 11.4. The summed E-state index contributed by atoms with van der Waals surface area (Å²) in [5.74, 6) is 2.45. The molecule has 0 bridgehead atoms. The molecule has 3 aromatic carbocycles. The van der Waals surface area contributed by atoms with Crippen LogP contribution in [0.3, 0.4) is 0 Å². The summed E-state index contributed by atoms with van der Waals surface area (Å²) in [6, 6.07) is 23.4. The molecule has 4 nitrogen and oxygen atoms in total. The van der Waals surface area contributed by atoms with E-state index in [1.54, 1.807) is 24.3 Å². The molecule has 120 valence electrons. The normalized spacial score (nSPS) is 10.2. The van der Waals surface area contributed by atoms with Crippen LogP contribution >= 0.6 is 0 Å². The first kappa shape index (κ1) is 15.8. The number of ketones is 1. The monoisotopic (exact) mass is 320 g/mol. The molecular weight excluding hydrogens is 304 g/mol. The van der Waals surface area contributed by atoms with Gasteiger partial charge in [-0.1, -0.05) is 18.2 Å². The van der Waals surface area contributed by atoms with Crippen molar-refractivity contribution in [3.63, 3.8) is 0 Å². The Morgan fingerprint density at radius 2 is 1.08 bits per heavy atom. The lowest BCUT2D eigenvalue weighted by atomic mass is 10.1. The first-order valence-electron chi connectivity index (χ1n) is 7.49. The van der Waals surface area contributed by atoms with E-state index in [1.165, 1.54) is 0 Å². The molecule has 0 saturated carbocycles. The number of hydrogen-bond donors (Lipinski definition) is 1. The quantitative estimate of drug-likeness (QED) is 0.682. The van der Waals surface area contributed by atoms with Crippen LogP contribution in [-0.4, -0.2) is 17.5 Å². The third-order valence-corrected chi connectivity index (χ3v) is 3.36. The van der Waals surface area contributed by atoms with Gasteiger partial charge >= 0.3 is 0 Å². The molecule has 24 heavy (non-hydrogen) atoms. The van der Waals surface area contributed by atoms with Gasteiger partial charge in [0, 0.05) is 5.56 Å². The van der Waals surface area contributed by atoms with Crippen LogP contribution in [0.5, 0.6) is 23.0 Å². The number of hydrogen-bond acceptors (Lipinski definition) is 4. The molecule has 0 heterocycles. The van der Waals surface area contributed by atoms with Gasteiger partial charge in [0.2, 0.25) is 0 Å². The van der Waals surface area contributed by atoms with Crippen LogP contribution in [-0.2, 0) is 0 Å². The van der Waals surface area contributed by atoms with Crippen molar-refractivity contribution in [2.75, 3.05) is 6.61 Å². The molecule has 3 aromatic rings. The van der Waals surface area contributed by atoms with Gasteiger partial charge in [-0.15, -0.1) is 0 Å². The lowest BCUT2D eigenvalue weighted by Gasteiger charge is -2.08. The minimum atomic E-state index is -0.497. The van der Waals surface area contributed by atoms with Gasteiger partial charge in [-0.3, -0.25) is 4.79 Å². The van der Waals surface area contributed by atoms with E-state index in [2.05, 4.69) is 0 Å². The second-order valence-electron chi connectivity index (χ2n) is 5.09. The van der Waals surface area contributed by atoms with E-state index < -0.39 is 6.61 Å². The molecule has 4 heteroatoms. The van der Waals surface area contributed by atoms with Crippen LogP contribution in [0.4, 0.5) is 0 Å². The van der Waals surface area contributed by atoms with Crippen molar-refractivity contribution < 1.29 is 19.4 Å². The van der Waals surface area contributed by atoms with Gasteiger partial charge in [-0.25, -0.2) is 0 Å². The van der Waals surface area contributed by atoms with Crippen molar-refractivity contribution in [2.24, 2.45) is 0 Å². The molecule has 3 rings (SSSR count). The van der Waals surface area contributed by atoms with Crippen LogP contribution in [0.15, 0.2) is 78.9 Å².